The number of carbonyl (C=O) groups excluding carboxylic acids is 1. The maximum Gasteiger partial charge on any atom is 0.573 e. The van der Waals surface area contributed by atoms with E-state index in [4.69, 9.17) is 10.8 Å². The van der Waals surface area contributed by atoms with Crippen molar-refractivity contribution in [3.05, 3.63) is 60.2 Å². The molecule has 0 radical (unpaired) electrons. The minimum absolute atomic E-state index is 0.0513. The second kappa shape index (κ2) is 9.96. The predicted octanol–water partition coefficient (Wildman–Crippen LogP) is 3.67. The van der Waals surface area contributed by atoms with Crippen molar-refractivity contribution in [2.75, 3.05) is 29.5 Å². The SMILES string of the molecule is Nc1ccc(C(=O)Nc2cc(-c3cccc(OC(F)(F)F)c3)nc(NCCCO)n2)cc1. The second-order valence-corrected chi connectivity index (χ2v) is 6.62. The lowest BCUT2D eigenvalue weighted by Crippen LogP contribution is -2.17. The summed E-state index contributed by atoms with van der Waals surface area (Å²) in [6.45, 7) is 0.298. The molecular weight excluding hydrogens is 427 g/mol. The molecule has 8 nitrogen and oxygen atoms in total. The van der Waals surface area contributed by atoms with E-state index in [1.807, 2.05) is 0 Å². The van der Waals surface area contributed by atoms with Gasteiger partial charge in [0.05, 0.1) is 5.69 Å². The smallest absolute Gasteiger partial charge is 0.406 e. The topological polar surface area (TPSA) is 122 Å². The van der Waals surface area contributed by atoms with Crippen LogP contribution in [0.15, 0.2) is 54.6 Å². The molecule has 32 heavy (non-hydrogen) atoms. The normalized spacial score (nSPS) is 11.1. The van der Waals surface area contributed by atoms with Crippen LogP contribution < -0.4 is 21.1 Å². The van der Waals surface area contributed by atoms with Crippen LogP contribution in [0.4, 0.5) is 30.6 Å². The molecule has 3 aromatic rings. The van der Waals surface area contributed by atoms with E-state index >= 15 is 0 Å². The number of benzene rings is 2. The van der Waals surface area contributed by atoms with Crippen molar-refractivity contribution in [2.45, 2.75) is 12.8 Å². The predicted molar refractivity (Wildman–Crippen MR) is 113 cm³/mol. The first kappa shape index (κ1) is 22.8. The number of ether oxygens (including phenoxy) is 1. The molecule has 168 valence electrons. The number of nitrogen functional groups attached to an aromatic ring is 1. The van der Waals surface area contributed by atoms with Gasteiger partial charge in [0.25, 0.3) is 5.91 Å². The summed E-state index contributed by atoms with van der Waals surface area (Å²) in [6.07, 6.45) is -4.41. The number of hydrogen-bond acceptors (Lipinski definition) is 7. The Morgan fingerprint density at radius 3 is 2.53 bits per heavy atom. The van der Waals surface area contributed by atoms with Gasteiger partial charge in [0.15, 0.2) is 0 Å². The minimum atomic E-state index is -4.83. The first-order valence-corrected chi connectivity index (χ1v) is 9.50. The first-order valence-electron chi connectivity index (χ1n) is 9.50. The number of aliphatic hydroxyl groups is 1. The maximum absolute atomic E-state index is 12.6. The lowest BCUT2D eigenvalue weighted by molar-refractivity contribution is -0.274. The average molecular weight is 447 g/mol. The highest BCUT2D eigenvalue weighted by Gasteiger charge is 2.31. The maximum atomic E-state index is 12.6. The zero-order valence-electron chi connectivity index (χ0n) is 16.7. The summed E-state index contributed by atoms with van der Waals surface area (Å²) in [5, 5.41) is 14.5. The van der Waals surface area contributed by atoms with Gasteiger partial charge in [-0.15, -0.1) is 13.2 Å². The Labute approximate surface area is 181 Å². The summed E-state index contributed by atoms with van der Waals surface area (Å²) in [5.41, 5.74) is 7.06. The molecule has 2 aromatic carbocycles. The van der Waals surface area contributed by atoms with E-state index in [-0.39, 0.29) is 24.1 Å². The molecule has 5 N–H and O–H groups in total. The summed E-state index contributed by atoms with van der Waals surface area (Å²) in [5.74, 6) is -0.600. The van der Waals surface area contributed by atoms with Crippen LogP contribution in [0.5, 0.6) is 5.75 Å². The van der Waals surface area contributed by atoms with Crippen molar-refractivity contribution in [3.63, 3.8) is 0 Å². The third-order valence-corrected chi connectivity index (χ3v) is 4.12. The number of rotatable bonds is 8. The lowest BCUT2D eigenvalue weighted by Gasteiger charge is -2.12. The van der Waals surface area contributed by atoms with Gasteiger partial charge >= 0.3 is 6.36 Å². The highest BCUT2D eigenvalue weighted by atomic mass is 19.4. The molecule has 0 saturated carbocycles. The number of aromatic nitrogens is 2. The van der Waals surface area contributed by atoms with Crippen LogP contribution >= 0.6 is 0 Å². The third kappa shape index (κ3) is 6.57. The van der Waals surface area contributed by atoms with Crippen LogP contribution in [0, 0.1) is 0 Å². The number of anilines is 3. The largest absolute Gasteiger partial charge is 0.573 e. The molecule has 1 heterocycles. The lowest BCUT2D eigenvalue weighted by atomic mass is 10.1. The van der Waals surface area contributed by atoms with Gasteiger partial charge in [-0.1, -0.05) is 12.1 Å². The van der Waals surface area contributed by atoms with Gasteiger partial charge in [-0.05, 0) is 42.8 Å². The Kier molecular flexibility index (Phi) is 7.11. The van der Waals surface area contributed by atoms with E-state index in [9.17, 15) is 18.0 Å². The third-order valence-electron chi connectivity index (χ3n) is 4.12. The molecule has 0 aliphatic heterocycles. The van der Waals surface area contributed by atoms with E-state index in [0.717, 1.165) is 0 Å². The van der Waals surface area contributed by atoms with Gasteiger partial charge in [0.1, 0.15) is 11.6 Å². The molecule has 0 bridgehead atoms. The summed E-state index contributed by atoms with van der Waals surface area (Å²) >= 11 is 0. The Balaban J connectivity index is 1.91. The number of halogens is 3. The highest BCUT2D eigenvalue weighted by molar-refractivity contribution is 6.04. The van der Waals surface area contributed by atoms with E-state index in [0.29, 0.717) is 29.8 Å². The van der Waals surface area contributed by atoms with Crippen molar-refractivity contribution in [1.82, 2.24) is 9.97 Å². The molecule has 0 atom stereocenters. The quantitative estimate of drug-likeness (QED) is 0.307. The van der Waals surface area contributed by atoms with Gasteiger partial charge in [-0.2, -0.15) is 4.98 Å². The summed E-state index contributed by atoms with van der Waals surface area (Å²) in [6, 6.07) is 13.0. The van der Waals surface area contributed by atoms with Crippen LogP contribution in [0.1, 0.15) is 16.8 Å². The molecule has 0 unspecified atom stereocenters. The fourth-order valence-corrected chi connectivity index (χ4v) is 2.69. The first-order chi connectivity index (χ1) is 15.2. The van der Waals surface area contributed by atoms with Crippen LogP contribution in [0.2, 0.25) is 0 Å². The van der Waals surface area contributed by atoms with Gasteiger partial charge in [0.2, 0.25) is 5.95 Å². The molecule has 11 heteroatoms. The number of amides is 1. The van der Waals surface area contributed by atoms with E-state index in [2.05, 4.69) is 25.3 Å². The van der Waals surface area contributed by atoms with Crippen molar-refractivity contribution >= 4 is 23.4 Å². The molecule has 0 saturated heterocycles. The van der Waals surface area contributed by atoms with E-state index in [1.165, 1.54) is 24.3 Å². The highest BCUT2D eigenvalue weighted by Crippen LogP contribution is 2.28. The molecule has 3 rings (SSSR count). The van der Waals surface area contributed by atoms with Crippen molar-refractivity contribution in [3.8, 4) is 17.0 Å². The van der Waals surface area contributed by atoms with Crippen LogP contribution in [0.3, 0.4) is 0 Å². The molecular formula is C21H20F3N5O3. The molecule has 0 spiro atoms. The van der Waals surface area contributed by atoms with Crippen LogP contribution in [-0.4, -0.2) is 40.5 Å². The Morgan fingerprint density at radius 1 is 1.09 bits per heavy atom. The Bertz CT molecular complexity index is 1080. The molecule has 0 aliphatic rings. The van der Waals surface area contributed by atoms with E-state index in [1.54, 1.807) is 30.3 Å². The van der Waals surface area contributed by atoms with Crippen molar-refractivity contribution in [1.29, 1.82) is 0 Å². The van der Waals surface area contributed by atoms with Crippen molar-refractivity contribution in [2.24, 2.45) is 0 Å². The average Bonchev–Trinajstić information content (AvgIpc) is 2.73. The van der Waals surface area contributed by atoms with Gasteiger partial charge in [0, 0.05) is 36.0 Å². The summed E-state index contributed by atoms with van der Waals surface area (Å²) in [4.78, 5) is 21.1. The number of nitrogens with one attached hydrogen (secondary N) is 2. The zero-order chi connectivity index (χ0) is 23.1. The fourth-order valence-electron chi connectivity index (χ4n) is 2.69. The number of nitrogens with two attached hydrogens (primary N) is 1. The second-order valence-electron chi connectivity index (χ2n) is 6.62. The van der Waals surface area contributed by atoms with Gasteiger partial charge < -0.3 is 26.2 Å². The monoisotopic (exact) mass is 447 g/mol. The van der Waals surface area contributed by atoms with Gasteiger partial charge in [-0.3, -0.25) is 4.79 Å². The number of aliphatic hydroxyl groups excluding tert-OH is 1. The van der Waals surface area contributed by atoms with Crippen molar-refractivity contribution < 1.29 is 27.8 Å². The zero-order valence-corrected chi connectivity index (χ0v) is 16.7. The number of alkyl halides is 3. The number of nitrogens with zero attached hydrogens (tertiary/aromatic N) is 2. The number of hydrogen-bond donors (Lipinski definition) is 4. The Hall–Kier alpha value is -3.86. The fraction of sp³-hybridized carbons (Fsp3) is 0.190. The van der Waals surface area contributed by atoms with Gasteiger partial charge in [-0.25, -0.2) is 4.98 Å². The number of carbonyl (C=O) groups is 1. The van der Waals surface area contributed by atoms with Crippen LogP contribution in [-0.2, 0) is 0 Å². The van der Waals surface area contributed by atoms with E-state index < -0.39 is 18.0 Å². The molecule has 0 aliphatic carbocycles. The molecule has 1 amide bonds. The summed E-state index contributed by atoms with van der Waals surface area (Å²) < 4.78 is 41.7. The minimum Gasteiger partial charge on any atom is -0.406 e. The standard InChI is InChI=1S/C21H20F3N5O3/c22-21(23,24)32-16-4-1-3-14(11-16)17-12-18(29-20(27-17)26-9-2-10-30)28-19(31)13-5-7-15(25)8-6-13/h1,3-8,11-12,30H,2,9-10,25H2,(H2,26,27,28,29,31). The van der Waals surface area contributed by atoms with Crippen LogP contribution in [0.25, 0.3) is 11.3 Å². The molecule has 0 fully saturated rings. The Morgan fingerprint density at radius 2 is 1.84 bits per heavy atom. The summed E-state index contributed by atoms with van der Waals surface area (Å²) in [7, 11) is 0. The molecule has 1 aromatic heterocycles.